The molecule has 2 fully saturated rings. The number of aromatic nitrogens is 2. The van der Waals surface area contributed by atoms with E-state index >= 15 is 4.39 Å². The van der Waals surface area contributed by atoms with Crippen molar-refractivity contribution >= 4 is 40.1 Å². The second kappa shape index (κ2) is 12.6. The van der Waals surface area contributed by atoms with Gasteiger partial charge in [0.25, 0.3) is 0 Å². The molecule has 10 nitrogen and oxygen atoms in total. The van der Waals surface area contributed by atoms with Crippen LogP contribution in [-0.4, -0.2) is 101 Å². The third-order valence-electron chi connectivity index (χ3n) is 9.35. The first-order valence-electron chi connectivity index (χ1n) is 15.5. The predicted molar refractivity (Wildman–Crippen MR) is 172 cm³/mol. The first-order chi connectivity index (χ1) is 22.0. The van der Waals surface area contributed by atoms with Gasteiger partial charge in [-0.25, -0.2) is 13.6 Å². The number of hydrogen-bond donors (Lipinski definition) is 0. The van der Waals surface area contributed by atoms with Gasteiger partial charge in [-0.05, 0) is 57.5 Å². The molecule has 0 aliphatic carbocycles. The molecule has 6 rings (SSSR count). The van der Waals surface area contributed by atoms with Gasteiger partial charge in [0.15, 0.2) is 5.75 Å². The minimum absolute atomic E-state index is 0.0531. The molecule has 2 amide bonds. The number of hydrogen-bond acceptors (Lipinski definition) is 7. The smallest absolute Gasteiger partial charge is 0.350 e. The fraction of sp³-hybridized carbons (Fsp3) is 0.455. The van der Waals surface area contributed by atoms with Crippen LogP contribution in [0.4, 0.5) is 14.6 Å². The molecule has 46 heavy (non-hydrogen) atoms. The van der Waals surface area contributed by atoms with Crippen LogP contribution in [0, 0.1) is 11.6 Å². The maximum Gasteiger partial charge on any atom is 0.350 e. The number of benzene rings is 2. The Bertz CT molecular complexity index is 1780. The van der Waals surface area contributed by atoms with E-state index in [2.05, 4.69) is 16.5 Å². The Morgan fingerprint density at radius 3 is 2.65 bits per heavy atom. The molecule has 3 atom stereocenters. The molecule has 2 saturated heterocycles. The highest BCUT2D eigenvalue weighted by Crippen LogP contribution is 2.47. The SMILES string of the molecule is C=CC(=O)N1C[C@H](C)N(c2nc(=O)n3c4c(c(-c5ccc(F)cc5F)c(Cl)cc24)OC[C@H]3CCCN2CCN(C)C(=O)C2)C[C@H]1C. The highest BCUT2D eigenvalue weighted by molar-refractivity contribution is 6.35. The van der Waals surface area contributed by atoms with Crippen molar-refractivity contribution in [2.45, 2.75) is 44.8 Å². The first-order valence-corrected chi connectivity index (χ1v) is 15.9. The van der Waals surface area contributed by atoms with Gasteiger partial charge >= 0.3 is 5.69 Å². The van der Waals surface area contributed by atoms with Crippen molar-refractivity contribution in [3.63, 3.8) is 0 Å². The Kier molecular flexibility index (Phi) is 8.77. The van der Waals surface area contributed by atoms with E-state index in [9.17, 15) is 18.8 Å². The summed E-state index contributed by atoms with van der Waals surface area (Å²) in [5.41, 5.74) is 0.240. The normalized spacial score (nSPS) is 21.9. The molecule has 244 valence electrons. The molecule has 3 aliphatic rings. The third-order valence-corrected chi connectivity index (χ3v) is 9.64. The minimum Gasteiger partial charge on any atom is -0.488 e. The molecule has 2 aromatic carbocycles. The van der Waals surface area contributed by atoms with E-state index < -0.39 is 17.3 Å². The Hall–Kier alpha value is -4.03. The average molecular weight is 655 g/mol. The summed E-state index contributed by atoms with van der Waals surface area (Å²) in [5, 5.41) is 0.725. The van der Waals surface area contributed by atoms with Crippen LogP contribution in [0.5, 0.6) is 5.75 Å². The van der Waals surface area contributed by atoms with Gasteiger partial charge in [0.05, 0.1) is 23.1 Å². The zero-order valence-corrected chi connectivity index (χ0v) is 26.9. The van der Waals surface area contributed by atoms with E-state index in [1.54, 1.807) is 27.5 Å². The van der Waals surface area contributed by atoms with Crippen LogP contribution in [0.1, 0.15) is 32.7 Å². The number of carbonyl (C=O) groups excluding carboxylic acids is 2. The van der Waals surface area contributed by atoms with Gasteiger partial charge in [-0.1, -0.05) is 18.2 Å². The van der Waals surface area contributed by atoms with Crippen LogP contribution in [0.15, 0.2) is 41.7 Å². The standard InChI is InChI=1S/C33H37ClF2N6O4/c1-5-27(43)40-15-20(3)41(16-19(40)2)32-24-14-25(34)29(23-9-8-21(35)13-26(23)36)31-30(24)42(33(45)37-32)22(18-46-31)7-6-10-39-12-11-38(4)28(44)17-39/h5,8-9,13-14,19-20,22H,1,6-7,10-12,15-18H2,2-4H3/t19-,20+,22-/m1/s1. The molecule has 13 heteroatoms. The summed E-state index contributed by atoms with van der Waals surface area (Å²) in [6.45, 7) is 10.9. The largest absolute Gasteiger partial charge is 0.488 e. The van der Waals surface area contributed by atoms with Gasteiger partial charge in [0.1, 0.15) is 24.1 Å². The molecule has 3 aromatic rings. The molecule has 0 spiro atoms. The number of nitrogens with zero attached hydrogens (tertiary/aromatic N) is 6. The Morgan fingerprint density at radius 2 is 1.93 bits per heavy atom. The van der Waals surface area contributed by atoms with Crippen molar-refractivity contribution in [3.8, 4) is 16.9 Å². The van der Waals surface area contributed by atoms with Crippen molar-refractivity contribution in [1.82, 2.24) is 24.3 Å². The number of carbonyl (C=O) groups is 2. The lowest BCUT2D eigenvalue weighted by Crippen LogP contribution is -2.58. The quantitative estimate of drug-likeness (QED) is 0.355. The monoisotopic (exact) mass is 654 g/mol. The Labute approximate surface area is 270 Å². The molecular weight excluding hydrogens is 618 g/mol. The molecule has 0 bridgehead atoms. The summed E-state index contributed by atoms with van der Waals surface area (Å²) < 4.78 is 37.0. The van der Waals surface area contributed by atoms with Crippen LogP contribution in [0.2, 0.25) is 5.02 Å². The summed E-state index contributed by atoms with van der Waals surface area (Å²) in [6.07, 6.45) is 2.58. The van der Waals surface area contributed by atoms with Gasteiger partial charge in [0, 0.05) is 67.9 Å². The van der Waals surface area contributed by atoms with Crippen LogP contribution in [0.3, 0.4) is 0 Å². The second-order valence-corrected chi connectivity index (χ2v) is 12.8. The fourth-order valence-electron chi connectivity index (χ4n) is 6.83. The van der Waals surface area contributed by atoms with E-state index in [4.69, 9.17) is 16.3 Å². The summed E-state index contributed by atoms with van der Waals surface area (Å²) in [5.74, 6) is -0.995. The van der Waals surface area contributed by atoms with E-state index in [0.29, 0.717) is 62.3 Å². The van der Waals surface area contributed by atoms with Crippen LogP contribution in [-0.2, 0) is 9.59 Å². The van der Waals surface area contributed by atoms with Crippen molar-refractivity contribution in [3.05, 3.63) is 64.1 Å². The second-order valence-electron chi connectivity index (χ2n) is 12.4. The van der Waals surface area contributed by atoms with Gasteiger partial charge in [-0.15, -0.1) is 0 Å². The molecule has 0 saturated carbocycles. The van der Waals surface area contributed by atoms with Crippen molar-refractivity contribution in [2.75, 3.05) is 57.8 Å². The lowest BCUT2D eigenvalue weighted by molar-refractivity contribution is -0.134. The zero-order chi connectivity index (χ0) is 32.9. The Balaban J connectivity index is 1.43. The van der Waals surface area contributed by atoms with Gasteiger partial charge in [-0.3, -0.25) is 19.1 Å². The maximum atomic E-state index is 15.2. The number of halogens is 3. The molecular formula is C33H37ClF2N6O4. The molecule has 3 aliphatic heterocycles. The minimum atomic E-state index is -0.807. The molecule has 1 aromatic heterocycles. The predicted octanol–water partition coefficient (Wildman–Crippen LogP) is 4.09. The van der Waals surface area contributed by atoms with E-state index in [1.165, 1.54) is 12.1 Å². The number of likely N-dealkylation sites (N-methyl/N-ethyl adjacent to an activating group) is 1. The van der Waals surface area contributed by atoms with E-state index in [1.807, 2.05) is 18.7 Å². The lowest BCUT2D eigenvalue weighted by atomic mass is 9.98. The van der Waals surface area contributed by atoms with Gasteiger partial charge in [-0.2, -0.15) is 4.98 Å². The van der Waals surface area contributed by atoms with Crippen molar-refractivity contribution in [1.29, 1.82) is 0 Å². The number of amides is 2. The summed E-state index contributed by atoms with van der Waals surface area (Å²) >= 11 is 6.86. The summed E-state index contributed by atoms with van der Waals surface area (Å²) in [4.78, 5) is 50.8. The number of piperazine rings is 2. The highest BCUT2D eigenvalue weighted by atomic mass is 35.5. The van der Waals surface area contributed by atoms with Crippen LogP contribution >= 0.6 is 11.6 Å². The number of anilines is 1. The van der Waals surface area contributed by atoms with Gasteiger partial charge < -0.3 is 19.4 Å². The van der Waals surface area contributed by atoms with Crippen LogP contribution in [0.25, 0.3) is 22.0 Å². The molecule has 0 unspecified atom stereocenters. The zero-order valence-electron chi connectivity index (χ0n) is 26.1. The molecule has 0 N–H and O–H groups in total. The summed E-state index contributed by atoms with van der Waals surface area (Å²) in [7, 11) is 1.80. The van der Waals surface area contributed by atoms with Crippen molar-refractivity contribution in [2.24, 2.45) is 0 Å². The highest BCUT2D eigenvalue weighted by Gasteiger charge is 2.36. The first kappa shape index (κ1) is 31.9. The van der Waals surface area contributed by atoms with E-state index in [0.717, 1.165) is 18.7 Å². The number of ether oxygens (including phenoxy) is 1. The van der Waals surface area contributed by atoms with Crippen molar-refractivity contribution < 1.29 is 23.1 Å². The van der Waals surface area contributed by atoms with Gasteiger partial charge in [0.2, 0.25) is 11.8 Å². The summed E-state index contributed by atoms with van der Waals surface area (Å²) in [6, 6.07) is 4.14. The number of rotatable bonds is 7. The Morgan fingerprint density at radius 1 is 1.15 bits per heavy atom. The lowest BCUT2D eigenvalue weighted by Gasteiger charge is -2.45. The van der Waals surface area contributed by atoms with E-state index in [-0.39, 0.29) is 58.4 Å². The fourth-order valence-corrected chi connectivity index (χ4v) is 7.13. The topological polar surface area (TPSA) is 91.2 Å². The average Bonchev–Trinajstić information content (AvgIpc) is 3.02. The molecule has 0 radical (unpaired) electrons. The van der Waals surface area contributed by atoms with Crippen LogP contribution < -0.4 is 15.3 Å². The molecule has 4 heterocycles. The third kappa shape index (κ3) is 5.72. The maximum absolute atomic E-state index is 15.2.